The van der Waals surface area contributed by atoms with Crippen molar-refractivity contribution in [1.29, 1.82) is 0 Å². The Hall–Kier alpha value is -3.96. The van der Waals surface area contributed by atoms with Gasteiger partial charge >= 0.3 is 12.2 Å². The number of carbonyl (C=O) groups excluding carboxylic acids is 1. The van der Waals surface area contributed by atoms with E-state index < -0.39 is 17.8 Å². The molecule has 196 valence electrons. The summed E-state index contributed by atoms with van der Waals surface area (Å²) in [7, 11) is 1.61. The number of rotatable bonds is 3. The molecule has 0 spiro atoms. The van der Waals surface area contributed by atoms with Crippen LogP contribution in [0.25, 0.3) is 16.6 Å². The van der Waals surface area contributed by atoms with Crippen molar-refractivity contribution in [3.05, 3.63) is 77.8 Å². The summed E-state index contributed by atoms with van der Waals surface area (Å²) in [5, 5.41) is 3.40. The molecule has 1 N–H and O–H groups in total. The lowest BCUT2D eigenvalue weighted by Gasteiger charge is -2.35. The van der Waals surface area contributed by atoms with E-state index in [0.717, 1.165) is 30.8 Å². The molecule has 3 aliphatic heterocycles. The van der Waals surface area contributed by atoms with Crippen molar-refractivity contribution in [2.45, 2.75) is 18.9 Å². The van der Waals surface area contributed by atoms with Crippen LogP contribution in [-0.4, -0.2) is 65.3 Å². The molecule has 1 fully saturated rings. The molecular formula is C27H25F3N6O2. The normalized spacial score (nSPS) is 20.4. The summed E-state index contributed by atoms with van der Waals surface area (Å²) in [5.41, 5.74) is 2.92. The number of dihydropyridines is 1. The van der Waals surface area contributed by atoms with Gasteiger partial charge in [-0.25, -0.2) is 9.78 Å². The van der Waals surface area contributed by atoms with E-state index in [4.69, 9.17) is 9.72 Å². The van der Waals surface area contributed by atoms with Gasteiger partial charge in [-0.15, -0.1) is 0 Å². The summed E-state index contributed by atoms with van der Waals surface area (Å²) in [4.78, 5) is 27.8. The van der Waals surface area contributed by atoms with E-state index >= 15 is 0 Å². The van der Waals surface area contributed by atoms with Crippen molar-refractivity contribution < 1.29 is 22.7 Å². The smallest absolute Gasteiger partial charge is 0.379 e. The summed E-state index contributed by atoms with van der Waals surface area (Å²) >= 11 is 0. The predicted molar refractivity (Wildman–Crippen MR) is 136 cm³/mol. The molecule has 1 aromatic carbocycles. The number of pyridine rings is 2. The minimum atomic E-state index is -4.54. The number of morpholine rings is 1. The molecular weight excluding hydrogens is 497 g/mol. The monoisotopic (exact) mass is 522 g/mol. The zero-order valence-corrected chi connectivity index (χ0v) is 20.6. The Balaban J connectivity index is 1.41. The van der Waals surface area contributed by atoms with Crippen LogP contribution in [0.5, 0.6) is 0 Å². The van der Waals surface area contributed by atoms with Gasteiger partial charge in [0.25, 0.3) is 0 Å². The van der Waals surface area contributed by atoms with Crippen molar-refractivity contribution in [1.82, 2.24) is 25.1 Å². The molecule has 3 aliphatic rings. The molecule has 1 atom stereocenters. The minimum absolute atomic E-state index is 0.0575. The highest BCUT2D eigenvalue weighted by Crippen LogP contribution is 2.40. The molecule has 2 amide bonds. The lowest BCUT2D eigenvalue weighted by Crippen LogP contribution is -2.48. The Bertz CT molecular complexity index is 1460. The number of ether oxygens (including phenoxy) is 1. The Morgan fingerprint density at radius 2 is 1.95 bits per heavy atom. The minimum Gasteiger partial charge on any atom is -0.379 e. The molecule has 0 radical (unpaired) electrons. The largest absolute Gasteiger partial charge is 0.416 e. The topological polar surface area (TPSA) is 73.8 Å². The third-order valence-corrected chi connectivity index (χ3v) is 6.95. The molecule has 0 bridgehead atoms. The number of nitrogens with one attached hydrogen (secondary N) is 1. The van der Waals surface area contributed by atoms with Crippen LogP contribution in [-0.2, 0) is 17.5 Å². The van der Waals surface area contributed by atoms with Gasteiger partial charge in [-0.3, -0.25) is 14.8 Å². The van der Waals surface area contributed by atoms with E-state index in [0.29, 0.717) is 41.2 Å². The van der Waals surface area contributed by atoms with Gasteiger partial charge < -0.3 is 15.0 Å². The first-order chi connectivity index (χ1) is 18.3. The first kappa shape index (κ1) is 24.4. The highest BCUT2D eigenvalue weighted by atomic mass is 19.4. The molecule has 8 nitrogen and oxygen atoms in total. The SMILES string of the molecule is CN1Cc2cnc3ccc(C4=CNC(N5CCOCC5)C=C4)nc3c2N(c2cccc(C(F)(F)F)c2)C1=O. The van der Waals surface area contributed by atoms with Crippen molar-refractivity contribution in [3.8, 4) is 0 Å². The van der Waals surface area contributed by atoms with E-state index in [1.54, 1.807) is 13.2 Å². The Kier molecular flexibility index (Phi) is 6.04. The zero-order chi connectivity index (χ0) is 26.4. The van der Waals surface area contributed by atoms with Crippen LogP contribution in [0.1, 0.15) is 16.8 Å². The summed E-state index contributed by atoms with van der Waals surface area (Å²) < 4.78 is 45.9. The van der Waals surface area contributed by atoms with Crippen LogP contribution >= 0.6 is 0 Å². The van der Waals surface area contributed by atoms with Crippen molar-refractivity contribution in [3.63, 3.8) is 0 Å². The van der Waals surface area contributed by atoms with Gasteiger partial charge in [0.05, 0.1) is 54.1 Å². The third kappa shape index (κ3) is 4.37. The third-order valence-electron chi connectivity index (χ3n) is 6.95. The number of anilines is 2. The van der Waals surface area contributed by atoms with Crippen molar-refractivity contribution in [2.75, 3.05) is 38.3 Å². The second-order valence-corrected chi connectivity index (χ2v) is 9.44. The van der Waals surface area contributed by atoms with Crippen LogP contribution in [0, 0.1) is 0 Å². The maximum atomic E-state index is 13.5. The number of hydrogen-bond acceptors (Lipinski definition) is 6. The number of alkyl halides is 3. The Morgan fingerprint density at radius 3 is 2.68 bits per heavy atom. The molecule has 0 saturated carbocycles. The zero-order valence-electron chi connectivity index (χ0n) is 20.6. The molecule has 1 unspecified atom stereocenters. The molecule has 0 aliphatic carbocycles. The number of hydrogen-bond donors (Lipinski definition) is 1. The average Bonchev–Trinajstić information content (AvgIpc) is 2.93. The number of nitrogens with zero attached hydrogens (tertiary/aromatic N) is 5. The number of fused-ring (bicyclic) bond motifs is 3. The molecule has 2 aromatic heterocycles. The number of carbonyl (C=O) groups is 1. The highest BCUT2D eigenvalue weighted by molar-refractivity contribution is 6.08. The lowest BCUT2D eigenvalue weighted by molar-refractivity contribution is -0.137. The van der Waals surface area contributed by atoms with Gasteiger partial charge in [-0.1, -0.05) is 12.1 Å². The molecule has 3 aromatic rings. The summed E-state index contributed by atoms with van der Waals surface area (Å²) in [5.74, 6) is 0. The highest BCUT2D eigenvalue weighted by Gasteiger charge is 2.35. The first-order valence-corrected chi connectivity index (χ1v) is 12.3. The van der Waals surface area contributed by atoms with Crippen molar-refractivity contribution >= 4 is 34.0 Å². The number of urea groups is 1. The maximum absolute atomic E-state index is 13.5. The Labute approximate surface area is 217 Å². The predicted octanol–water partition coefficient (Wildman–Crippen LogP) is 4.51. The summed E-state index contributed by atoms with van der Waals surface area (Å²) in [6, 6.07) is 7.99. The second kappa shape index (κ2) is 9.41. The summed E-state index contributed by atoms with van der Waals surface area (Å²) in [6.07, 6.45) is 3.14. The lowest BCUT2D eigenvalue weighted by atomic mass is 10.1. The van der Waals surface area contributed by atoms with E-state index in [-0.39, 0.29) is 18.4 Å². The van der Waals surface area contributed by atoms with E-state index in [1.807, 2.05) is 24.4 Å². The molecule has 5 heterocycles. The number of amides is 2. The average molecular weight is 523 g/mol. The number of benzene rings is 1. The van der Waals surface area contributed by atoms with Crippen LogP contribution in [0.2, 0.25) is 0 Å². The molecule has 11 heteroatoms. The molecule has 1 saturated heterocycles. The van der Waals surface area contributed by atoms with E-state index in [2.05, 4.69) is 21.3 Å². The van der Waals surface area contributed by atoms with E-state index in [1.165, 1.54) is 21.9 Å². The van der Waals surface area contributed by atoms with Crippen molar-refractivity contribution in [2.24, 2.45) is 0 Å². The van der Waals surface area contributed by atoms with Gasteiger partial charge in [0.15, 0.2) is 0 Å². The van der Waals surface area contributed by atoms with Crippen LogP contribution in [0.4, 0.5) is 29.3 Å². The number of aromatic nitrogens is 2. The van der Waals surface area contributed by atoms with Crippen LogP contribution in [0.15, 0.2) is 60.9 Å². The van der Waals surface area contributed by atoms with Gasteiger partial charge in [0.1, 0.15) is 5.52 Å². The number of allylic oxidation sites excluding steroid dienone is 2. The summed E-state index contributed by atoms with van der Waals surface area (Å²) in [6.45, 7) is 3.34. The Morgan fingerprint density at radius 1 is 1.13 bits per heavy atom. The van der Waals surface area contributed by atoms with Crippen LogP contribution < -0.4 is 10.2 Å². The van der Waals surface area contributed by atoms with Gasteiger partial charge in [-0.05, 0) is 36.4 Å². The fourth-order valence-corrected chi connectivity index (χ4v) is 4.98. The van der Waals surface area contributed by atoms with Gasteiger partial charge in [0.2, 0.25) is 0 Å². The number of halogens is 3. The van der Waals surface area contributed by atoms with Crippen LogP contribution in [0.3, 0.4) is 0 Å². The quantitative estimate of drug-likeness (QED) is 0.546. The van der Waals surface area contributed by atoms with Gasteiger partial charge in [-0.2, -0.15) is 13.2 Å². The standard InChI is InChI=1S/C27H25F3N6O2/c1-34-16-18-15-31-22-7-6-21(17-5-8-23(32-14-17)35-9-11-38-12-10-35)33-24(22)25(18)36(26(34)37)20-4-2-3-19(13-20)27(28,29)30/h2-8,13-15,23,32H,9-12,16H2,1H3. The molecule has 6 rings (SSSR count). The first-order valence-electron chi connectivity index (χ1n) is 12.3. The van der Waals surface area contributed by atoms with Gasteiger partial charge in [0, 0.05) is 43.7 Å². The van der Waals surface area contributed by atoms with E-state index in [9.17, 15) is 18.0 Å². The molecule has 38 heavy (non-hydrogen) atoms. The second-order valence-electron chi connectivity index (χ2n) is 9.44. The maximum Gasteiger partial charge on any atom is 0.416 e. The fraction of sp³-hybridized carbons (Fsp3) is 0.296. The fourth-order valence-electron chi connectivity index (χ4n) is 4.98.